The van der Waals surface area contributed by atoms with Gasteiger partial charge >= 0.3 is 0 Å². The quantitative estimate of drug-likeness (QED) is 0.462. The third-order valence-corrected chi connectivity index (χ3v) is 6.00. The van der Waals surface area contributed by atoms with E-state index in [1.54, 1.807) is 18.3 Å². The lowest BCUT2D eigenvalue weighted by molar-refractivity contribution is 0.102. The number of ether oxygens (including phenoxy) is 1. The number of fused-ring (bicyclic) bond motifs is 1. The minimum atomic E-state index is -0.379. The highest BCUT2D eigenvalue weighted by Gasteiger charge is 2.25. The van der Waals surface area contributed by atoms with Gasteiger partial charge in [-0.1, -0.05) is 0 Å². The molecule has 1 aromatic carbocycles. The van der Waals surface area contributed by atoms with Crippen LogP contribution in [0.1, 0.15) is 23.3 Å². The average molecular weight is 450 g/mol. The molecule has 10 nitrogen and oxygen atoms in total. The summed E-state index contributed by atoms with van der Waals surface area (Å²) in [6.07, 6.45) is 4.67. The maximum Gasteiger partial charge on any atom is 0.277 e. The number of aliphatic hydroxyl groups is 1. The monoisotopic (exact) mass is 450 g/mol. The molecule has 1 amide bonds. The van der Waals surface area contributed by atoms with Gasteiger partial charge in [-0.25, -0.2) is 9.97 Å². The van der Waals surface area contributed by atoms with Crippen molar-refractivity contribution in [1.29, 1.82) is 0 Å². The van der Waals surface area contributed by atoms with Crippen LogP contribution in [0, 0.1) is 5.92 Å². The topological polar surface area (TPSA) is 139 Å². The molecular formula is C23H26N6O4. The van der Waals surface area contributed by atoms with E-state index in [9.17, 15) is 9.90 Å². The third kappa shape index (κ3) is 4.42. The number of hydrogen-bond donors (Lipinski definition) is 4. The summed E-state index contributed by atoms with van der Waals surface area (Å²) in [5.41, 5.74) is 8.91. The van der Waals surface area contributed by atoms with Crippen molar-refractivity contribution in [2.75, 3.05) is 54.1 Å². The molecule has 10 heteroatoms. The van der Waals surface area contributed by atoms with Crippen molar-refractivity contribution < 1.29 is 19.1 Å². The molecule has 0 aliphatic carbocycles. The Morgan fingerprint density at radius 1 is 1.30 bits per heavy atom. The van der Waals surface area contributed by atoms with Crippen LogP contribution in [0.25, 0.3) is 11.5 Å². The van der Waals surface area contributed by atoms with Crippen LogP contribution in [-0.4, -0.2) is 53.8 Å². The van der Waals surface area contributed by atoms with Crippen LogP contribution in [0.2, 0.25) is 0 Å². The number of benzene rings is 1. The van der Waals surface area contributed by atoms with Gasteiger partial charge in [-0.05, 0) is 37.0 Å². The molecule has 0 unspecified atom stereocenters. The van der Waals surface area contributed by atoms with Crippen LogP contribution in [0.3, 0.4) is 0 Å². The van der Waals surface area contributed by atoms with Crippen molar-refractivity contribution >= 4 is 28.8 Å². The second kappa shape index (κ2) is 8.99. The van der Waals surface area contributed by atoms with E-state index < -0.39 is 0 Å². The van der Waals surface area contributed by atoms with Gasteiger partial charge in [0.05, 0.1) is 17.1 Å². The number of rotatable bonds is 5. The van der Waals surface area contributed by atoms with Gasteiger partial charge in [0.15, 0.2) is 5.69 Å². The summed E-state index contributed by atoms with van der Waals surface area (Å²) >= 11 is 0. The lowest BCUT2D eigenvalue weighted by atomic mass is 9.97. The van der Waals surface area contributed by atoms with Crippen LogP contribution >= 0.6 is 0 Å². The second-order valence-corrected chi connectivity index (χ2v) is 8.22. The summed E-state index contributed by atoms with van der Waals surface area (Å²) in [5.74, 6) is 1.33. The number of aliphatic hydroxyl groups excluding tert-OH is 1. The maximum atomic E-state index is 13.1. The molecule has 0 bridgehead atoms. The minimum absolute atomic E-state index is 0.159. The third-order valence-electron chi connectivity index (χ3n) is 6.00. The number of nitrogens with zero attached hydrogens (tertiary/aromatic N) is 3. The number of carbonyl (C=O) groups is 1. The lowest BCUT2D eigenvalue weighted by Crippen LogP contribution is -2.35. The normalized spacial score (nSPS) is 16.0. The molecule has 2 aromatic heterocycles. The minimum Gasteiger partial charge on any atom is -0.490 e. The van der Waals surface area contributed by atoms with Gasteiger partial charge in [0.2, 0.25) is 5.89 Å². The van der Waals surface area contributed by atoms with E-state index in [1.807, 2.05) is 12.1 Å². The fourth-order valence-corrected chi connectivity index (χ4v) is 4.17. The van der Waals surface area contributed by atoms with E-state index in [0.29, 0.717) is 42.0 Å². The van der Waals surface area contributed by atoms with Crippen molar-refractivity contribution in [2.24, 2.45) is 5.92 Å². The molecule has 0 saturated carbocycles. The number of pyridine rings is 1. The molecule has 5 rings (SSSR count). The Bertz CT molecular complexity index is 1160. The molecule has 172 valence electrons. The largest absolute Gasteiger partial charge is 0.490 e. The molecule has 4 heterocycles. The van der Waals surface area contributed by atoms with E-state index in [2.05, 4.69) is 25.5 Å². The number of nitrogen functional groups attached to an aromatic ring is 1. The van der Waals surface area contributed by atoms with Crippen molar-refractivity contribution in [1.82, 2.24) is 9.97 Å². The Kier molecular flexibility index (Phi) is 5.74. The predicted molar refractivity (Wildman–Crippen MR) is 125 cm³/mol. The summed E-state index contributed by atoms with van der Waals surface area (Å²) < 4.78 is 11.3. The number of aromatic nitrogens is 2. The SMILES string of the molecule is Nc1cc(-c2nc(C(=O)Nc3cc4c(cc3N3CCC(CO)CC3)OCCN4)co2)ccn1. The molecule has 1 saturated heterocycles. The van der Waals surface area contributed by atoms with Gasteiger partial charge in [-0.2, -0.15) is 0 Å². The number of amides is 1. The number of anilines is 4. The summed E-state index contributed by atoms with van der Waals surface area (Å²) in [6, 6.07) is 7.21. The van der Waals surface area contributed by atoms with E-state index in [4.69, 9.17) is 14.9 Å². The van der Waals surface area contributed by atoms with Crippen molar-refractivity contribution in [3.63, 3.8) is 0 Å². The zero-order valence-electron chi connectivity index (χ0n) is 18.1. The standard InChI is InChI=1S/C23H26N6O4/c24-21-9-15(1-4-26-21)23-28-18(13-33-23)22(31)27-16-10-17-20(32-8-5-25-17)11-19(16)29-6-2-14(12-30)3-7-29/h1,4,9-11,13-14,25,30H,2-3,5-8,12H2,(H2,24,26)(H,27,31). The molecule has 0 spiro atoms. The Hall–Kier alpha value is -3.79. The van der Waals surface area contributed by atoms with Crippen LogP contribution in [0.4, 0.5) is 22.9 Å². The van der Waals surface area contributed by atoms with Gasteiger partial charge in [0.1, 0.15) is 24.4 Å². The van der Waals surface area contributed by atoms with Crippen LogP contribution < -0.4 is 26.0 Å². The summed E-state index contributed by atoms with van der Waals surface area (Å²) in [5, 5.41) is 15.8. The first-order chi connectivity index (χ1) is 16.1. The first kappa shape index (κ1) is 21.1. The Morgan fingerprint density at radius 3 is 2.94 bits per heavy atom. The molecular weight excluding hydrogens is 424 g/mol. The molecule has 3 aromatic rings. The molecule has 0 atom stereocenters. The number of nitrogens with two attached hydrogens (primary N) is 1. The number of nitrogens with one attached hydrogen (secondary N) is 2. The predicted octanol–water partition coefficient (Wildman–Crippen LogP) is 2.58. The van der Waals surface area contributed by atoms with Gasteiger partial charge < -0.3 is 35.5 Å². The number of hydrogen-bond acceptors (Lipinski definition) is 9. The van der Waals surface area contributed by atoms with Gasteiger partial charge in [-0.3, -0.25) is 4.79 Å². The highest BCUT2D eigenvalue weighted by molar-refractivity contribution is 6.05. The lowest BCUT2D eigenvalue weighted by Gasteiger charge is -2.35. The van der Waals surface area contributed by atoms with Gasteiger partial charge in [-0.15, -0.1) is 0 Å². The molecule has 5 N–H and O–H groups in total. The van der Waals surface area contributed by atoms with Crippen LogP contribution in [-0.2, 0) is 0 Å². The number of piperidine rings is 1. The highest BCUT2D eigenvalue weighted by atomic mass is 16.5. The Balaban J connectivity index is 1.41. The smallest absolute Gasteiger partial charge is 0.277 e. The molecule has 33 heavy (non-hydrogen) atoms. The fourth-order valence-electron chi connectivity index (χ4n) is 4.17. The van der Waals surface area contributed by atoms with Crippen molar-refractivity contribution in [2.45, 2.75) is 12.8 Å². The zero-order chi connectivity index (χ0) is 22.8. The summed E-state index contributed by atoms with van der Waals surface area (Å²) in [6.45, 7) is 3.07. The Morgan fingerprint density at radius 2 is 2.15 bits per heavy atom. The Labute approximate surface area is 190 Å². The second-order valence-electron chi connectivity index (χ2n) is 8.22. The fraction of sp³-hybridized carbons (Fsp3) is 0.348. The maximum absolute atomic E-state index is 13.1. The first-order valence-corrected chi connectivity index (χ1v) is 11.0. The van der Waals surface area contributed by atoms with Gasteiger partial charge in [0.25, 0.3) is 5.91 Å². The first-order valence-electron chi connectivity index (χ1n) is 11.0. The van der Waals surface area contributed by atoms with Crippen LogP contribution in [0.15, 0.2) is 41.1 Å². The van der Waals surface area contributed by atoms with E-state index in [0.717, 1.165) is 43.1 Å². The van der Waals surface area contributed by atoms with Gasteiger partial charge in [0, 0.05) is 44.1 Å². The van der Waals surface area contributed by atoms with E-state index >= 15 is 0 Å². The van der Waals surface area contributed by atoms with Crippen molar-refractivity contribution in [3.8, 4) is 17.2 Å². The van der Waals surface area contributed by atoms with E-state index in [-0.39, 0.29) is 18.2 Å². The number of carbonyl (C=O) groups excluding carboxylic acids is 1. The number of oxazole rings is 1. The highest BCUT2D eigenvalue weighted by Crippen LogP contribution is 2.40. The molecule has 1 fully saturated rings. The van der Waals surface area contributed by atoms with E-state index in [1.165, 1.54) is 6.26 Å². The average Bonchev–Trinajstić information content (AvgIpc) is 3.34. The molecule has 2 aliphatic rings. The zero-order valence-corrected chi connectivity index (χ0v) is 18.1. The summed E-state index contributed by atoms with van der Waals surface area (Å²) in [7, 11) is 0. The van der Waals surface area contributed by atoms with Crippen LogP contribution in [0.5, 0.6) is 5.75 Å². The van der Waals surface area contributed by atoms with Crippen molar-refractivity contribution in [3.05, 3.63) is 42.4 Å². The molecule has 2 aliphatic heterocycles. The summed E-state index contributed by atoms with van der Waals surface area (Å²) in [4.78, 5) is 23.6. The molecule has 0 radical (unpaired) electrons.